The molecule has 1 aromatic carbocycles. The molecule has 0 saturated carbocycles. The summed E-state index contributed by atoms with van der Waals surface area (Å²) in [6.45, 7) is 4.20. The summed E-state index contributed by atoms with van der Waals surface area (Å²) >= 11 is 1.29. The van der Waals surface area contributed by atoms with E-state index in [0.717, 1.165) is 16.8 Å². The molecule has 0 aliphatic heterocycles. The smallest absolute Gasteiger partial charge is 0.173 e. The molecule has 2 aromatic rings. The standard InChI is InChI=1S/C18H18N2O2S/c1-12-4-6-14(7-5-12)17(21)11-23-18-16(9-19)15(10-22-3)8-13(2)20-18/h4-8H,10-11H2,1-3H3. The number of benzene rings is 1. The topological polar surface area (TPSA) is 63.0 Å². The fourth-order valence-corrected chi connectivity index (χ4v) is 3.12. The van der Waals surface area contributed by atoms with Crippen LogP contribution in [0, 0.1) is 25.2 Å². The number of ether oxygens (including phenoxy) is 1. The quantitative estimate of drug-likeness (QED) is 0.598. The van der Waals surface area contributed by atoms with Crippen molar-refractivity contribution in [1.29, 1.82) is 5.26 Å². The van der Waals surface area contributed by atoms with E-state index >= 15 is 0 Å². The van der Waals surface area contributed by atoms with Crippen molar-refractivity contribution in [2.45, 2.75) is 25.5 Å². The van der Waals surface area contributed by atoms with Gasteiger partial charge in [0.25, 0.3) is 0 Å². The van der Waals surface area contributed by atoms with Crippen LogP contribution >= 0.6 is 11.8 Å². The minimum absolute atomic E-state index is 0.0236. The van der Waals surface area contributed by atoms with E-state index < -0.39 is 0 Å². The Hall–Kier alpha value is -2.16. The normalized spacial score (nSPS) is 10.3. The number of nitrogens with zero attached hydrogens (tertiary/aromatic N) is 2. The summed E-state index contributed by atoms with van der Waals surface area (Å²) in [4.78, 5) is 16.7. The molecule has 0 radical (unpaired) electrons. The van der Waals surface area contributed by atoms with E-state index in [0.29, 0.717) is 22.8 Å². The van der Waals surface area contributed by atoms with Crippen molar-refractivity contribution in [3.05, 3.63) is 58.3 Å². The van der Waals surface area contributed by atoms with Crippen LogP contribution in [0.4, 0.5) is 0 Å². The fraction of sp³-hybridized carbons (Fsp3) is 0.278. The van der Waals surface area contributed by atoms with E-state index in [1.165, 1.54) is 11.8 Å². The van der Waals surface area contributed by atoms with Gasteiger partial charge in [-0.1, -0.05) is 41.6 Å². The Morgan fingerprint density at radius 2 is 2.00 bits per heavy atom. The number of carbonyl (C=O) groups is 1. The highest BCUT2D eigenvalue weighted by Crippen LogP contribution is 2.25. The summed E-state index contributed by atoms with van der Waals surface area (Å²) < 4.78 is 5.13. The molecular formula is C18H18N2O2S. The third-order valence-corrected chi connectivity index (χ3v) is 4.30. The van der Waals surface area contributed by atoms with Crippen molar-refractivity contribution in [3.8, 4) is 6.07 Å². The first-order chi connectivity index (χ1) is 11.0. The number of hydrogen-bond acceptors (Lipinski definition) is 5. The van der Waals surface area contributed by atoms with E-state index in [1.54, 1.807) is 7.11 Å². The Morgan fingerprint density at radius 3 is 2.61 bits per heavy atom. The Morgan fingerprint density at radius 1 is 1.30 bits per heavy atom. The van der Waals surface area contributed by atoms with Gasteiger partial charge in [0.1, 0.15) is 11.1 Å². The molecule has 0 fully saturated rings. The number of methoxy groups -OCH3 is 1. The number of ketones is 1. The summed E-state index contributed by atoms with van der Waals surface area (Å²) in [7, 11) is 1.59. The van der Waals surface area contributed by atoms with Crippen LogP contribution in [-0.4, -0.2) is 23.6 Å². The van der Waals surface area contributed by atoms with Gasteiger partial charge in [-0.25, -0.2) is 4.98 Å². The average Bonchev–Trinajstić information content (AvgIpc) is 2.53. The molecule has 0 spiro atoms. The van der Waals surface area contributed by atoms with Crippen LogP contribution < -0.4 is 0 Å². The lowest BCUT2D eigenvalue weighted by Crippen LogP contribution is -2.05. The summed E-state index contributed by atoms with van der Waals surface area (Å²) in [6, 6.07) is 11.5. The largest absolute Gasteiger partial charge is 0.380 e. The maximum absolute atomic E-state index is 12.3. The van der Waals surface area contributed by atoms with Crippen molar-refractivity contribution in [2.24, 2.45) is 0 Å². The summed E-state index contributed by atoms with van der Waals surface area (Å²) in [5.74, 6) is 0.274. The van der Waals surface area contributed by atoms with Gasteiger partial charge in [0.05, 0.1) is 17.9 Å². The maximum atomic E-state index is 12.3. The van der Waals surface area contributed by atoms with Gasteiger partial charge in [-0.2, -0.15) is 5.26 Å². The van der Waals surface area contributed by atoms with Crippen LogP contribution in [0.3, 0.4) is 0 Å². The van der Waals surface area contributed by atoms with E-state index in [4.69, 9.17) is 4.74 Å². The van der Waals surface area contributed by atoms with Crippen molar-refractivity contribution in [2.75, 3.05) is 12.9 Å². The molecule has 2 rings (SSSR count). The van der Waals surface area contributed by atoms with Gasteiger partial charge in [-0.15, -0.1) is 0 Å². The highest BCUT2D eigenvalue weighted by molar-refractivity contribution is 8.00. The van der Waals surface area contributed by atoms with Gasteiger partial charge in [0.2, 0.25) is 0 Å². The minimum atomic E-state index is 0.0236. The number of nitriles is 1. The Kier molecular flexibility index (Phi) is 5.91. The molecule has 4 nitrogen and oxygen atoms in total. The molecule has 1 aromatic heterocycles. The summed E-state index contributed by atoms with van der Waals surface area (Å²) in [5, 5.41) is 9.97. The molecule has 0 aliphatic rings. The Bertz CT molecular complexity index is 749. The average molecular weight is 326 g/mol. The molecule has 0 bridgehead atoms. The van der Waals surface area contributed by atoms with Gasteiger partial charge in [-0.05, 0) is 25.5 Å². The second kappa shape index (κ2) is 7.91. The van der Waals surface area contributed by atoms with E-state index in [9.17, 15) is 10.1 Å². The number of thioether (sulfide) groups is 1. The minimum Gasteiger partial charge on any atom is -0.380 e. The third-order valence-electron chi connectivity index (χ3n) is 3.32. The predicted molar refractivity (Wildman–Crippen MR) is 90.6 cm³/mol. The number of aromatic nitrogens is 1. The first kappa shape index (κ1) is 17.2. The molecular weight excluding hydrogens is 308 g/mol. The lowest BCUT2D eigenvalue weighted by molar-refractivity contribution is 0.102. The van der Waals surface area contributed by atoms with Crippen LogP contribution in [0.15, 0.2) is 35.4 Å². The lowest BCUT2D eigenvalue weighted by atomic mass is 10.1. The molecule has 0 N–H and O–H groups in total. The Balaban J connectivity index is 2.18. The SMILES string of the molecule is COCc1cc(C)nc(SCC(=O)c2ccc(C)cc2)c1C#N. The second-order valence-corrected chi connectivity index (χ2v) is 6.19. The molecule has 23 heavy (non-hydrogen) atoms. The van der Waals surface area contributed by atoms with Crippen molar-refractivity contribution >= 4 is 17.5 Å². The summed E-state index contributed by atoms with van der Waals surface area (Å²) in [5.41, 5.74) is 3.88. The molecule has 0 saturated heterocycles. The van der Waals surface area contributed by atoms with E-state index in [-0.39, 0.29) is 11.5 Å². The van der Waals surface area contributed by atoms with Gasteiger partial charge >= 0.3 is 0 Å². The maximum Gasteiger partial charge on any atom is 0.173 e. The first-order valence-electron chi connectivity index (χ1n) is 7.17. The zero-order chi connectivity index (χ0) is 16.8. The number of carbonyl (C=O) groups excluding carboxylic acids is 1. The number of hydrogen-bond donors (Lipinski definition) is 0. The monoisotopic (exact) mass is 326 g/mol. The molecule has 0 atom stereocenters. The summed E-state index contributed by atoms with van der Waals surface area (Å²) in [6.07, 6.45) is 0. The van der Waals surface area contributed by atoms with Gasteiger partial charge < -0.3 is 4.74 Å². The molecule has 0 unspecified atom stereocenters. The lowest BCUT2D eigenvalue weighted by Gasteiger charge is -2.09. The predicted octanol–water partition coefficient (Wildman–Crippen LogP) is 3.69. The number of rotatable bonds is 6. The van der Waals surface area contributed by atoms with Gasteiger partial charge in [0, 0.05) is 18.4 Å². The van der Waals surface area contributed by atoms with E-state index in [1.807, 2.05) is 44.2 Å². The molecule has 118 valence electrons. The number of Topliss-reactive ketones (excluding diaryl/α,β-unsaturated/α-hetero) is 1. The van der Waals surface area contributed by atoms with Crippen LogP contribution in [0.5, 0.6) is 0 Å². The van der Waals surface area contributed by atoms with E-state index in [2.05, 4.69) is 11.1 Å². The highest BCUT2D eigenvalue weighted by atomic mass is 32.2. The first-order valence-corrected chi connectivity index (χ1v) is 8.16. The van der Waals surface area contributed by atoms with Crippen molar-refractivity contribution < 1.29 is 9.53 Å². The molecule has 0 amide bonds. The molecule has 0 aliphatic carbocycles. The van der Waals surface area contributed by atoms with Crippen molar-refractivity contribution in [3.63, 3.8) is 0 Å². The van der Waals surface area contributed by atoms with Crippen LogP contribution in [0.1, 0.15) is 32.7 Å². The second-order valence-electron chi connectivity index (χ2n) is 5.23. The number of pyridine rings is 1. The van der Waals surface area contributed by atoms with Crippen LogP contribution in [-0.2, 0) is 11.3 Å². The van der Waals surface area contributed by atoms with Crippen LogP contribution in [0.25, 0.3) is 0 Å². The van der Waals surface area contributed by atoms with Gasteiger partial charge in [0.15, 0.2) is 5.78 Å². The molecule has 1 heterocycles. The highest BCUT2D eigenvalue weighted by Gasteiger charge is 2.14. The van der Waals surface area contributed by atoms with Crippen molar-refractivity contribution in [1.82, 2.24) is 4.98 Å². The third kappa shape index (κ3) is 4.41. The zero-order valence-electron chi connectivity index (χ0n) is 13.4. The number of aryl methyl sites for hydroxylation is 2. The van der Waals surface area contributed by atoms with Crippen LogP contribution in [0.2, 0.25) is 0 Å². The Labute approximate surface area is 140 Å². The van der Waals surface area contributed by atoms with Gasteiger partial charge in [-0.3, -0.25) is 4.79 Å². The fourth-order valence-electron chi connectivity index (χ4n) is 2.16. The zero-order valence-corrected chi connectivity index (χ0v) is 14.2. The molecule has 5 heteroatoms.